The van der Waals surface area contributed by atoms with E-state index in [9.17, 15) is 8.42 Å². The van der Waals surface area contributed by atoms with Crippen LogP contribution >= 0.6 is 11.6 Å². The van der Waals surface area contributed by atoms with E-state index >= 15 is 0 Å². The third-order valence-corrected chi connectivity index (χ3v) is 7.40. The van der Waals surface area contributed by atoms with E-state index in [-0.39, 0.29) is 10.5 Å². The molecule has 1 aromatic carbocycles. The third-order valence-electron chi connectivity index (χ3n) is 5.27. The predicted molar refractivity (Wildman–Crippen MR) is 92.7 cm³/mol. The Bertz CT molecular complexity index is 671. The van der Waals surface area contributed by atoms with Crippen LogP contribution in [0.4, 0.5) is 0 Å². The minimum atomic E-state index is -3.50. The van der Waals surface area contributed by atoms with E-state index in [2.05, 4.69) is 0 Å². The number of hydrogen-bond donors (Lipinski definition) is 0. The number of benzene rings is 1. The fourth-order valence-corrected chi connectivity index (χ4v) is 5.63. The highest BCUT2D eigenvalue weighted by Crippen LogP contribution is 2.43. The molecule has 2 aliphatic heterocycles. The number of halogens is 1. The van der Waals surface area contributed by atoms with Gasteiger partial charge >= 0.3 is 0 Å². The van der Waals surface area contributed by atoms with Gasteiger partial charge < -0.3 is 9.47 Å². The van der Waals surface area contributed by atoms with Crippen molar-refractivity contribution in [2.24, 2.45) is 5.92 Å². The van der Waals surface area contributed by atoms with Crippen molar-refractivity contribution in [1.29, 1.82) is 0 Å². The van der Waals surface area contributed by atoms with Gasteiger partial charge in [0.25, 0.3) is 0 Å². The smallest absolute Gasteiger partial charge is 0.243 e. The Kier molecular flexibility index (Phi) is 5.52. The summed E-state index contributed by atoms with van der Waals surface area (Å²) in [6.45, 7) is 2.45. The van der Waals surface area contributed by atoms with Gasteiger partial charge in [-0.15, -0.1) is 0 Å². The topological polar surface area (TPSA) is 55.8 Å². The standard InChI is InChI=1S/C17H24ClNO4S/c1-22-11-5-14-6-12-23-17(14)7-9-19(10-8-17)24(20,21)16-4-2-3-15(18)13-16/h2-4,13-14H,5-12H2,1H3. The fourth-order valence-electron chi connectivity index (χ4n) is 3.89. The van der Waals surface area contributed by atoms with Crippen LogP contribution in [-0.2, 0) is 19.5 Å². The number of sulfonamides is 1. The number of methoxy groups -OCH3 is 1. The van der Waals surface area contributed by atoms with E-state index in [0.29, 0.717) is 24.0 Å². The SMILES string of the molecule is COCCC1CCOC12CCN(S(=O)(=O)c1cccc(Cl)c1)CC2. The molecular weight excluding hydrogens is 350 g/mol. The maximum atomic E-state index is 12.8. The van der Waals surface area contributed by atoms with Crippen LogP contribution in [0.2, 0.25) is 5.02 Å². The highest BCUT2D eigenvalue weighted by atomic mass is 35.5. The van der Waals surface area contributed by atoms with E-state index in [4.69, 9.17) is 21.1 Å². The molecule has 2 saturated heterocycles. The first-order valence-electron chi connectivity index (χ1n) is 8.36. The molecule has 0 bridgehead atoms. The van der Waals surface area contributed by atoms with Crippen molar-refractivity contribution >= 4 is 21.6 Å². The van der Waals surface area contributed by atoms with Crippen molar-refractivity contribution in [3.63, 3.8) is 0 Å². The molecule has 3 rings (SSSR count). The Morgan fingerprint density at radius 1 is 1.38 bits per heavy atom. The Hall–Kier alpha value is -0.660. The monoisotopic (exact) mass is 373 g/mol. The van der Waals surface area contributed by atoms with Crippen LogP contribution in [0.5, 0.6) is 0 Å². The van der Waals surface area contributed by atoms with Crippen LogP contribution in [0.3, 0.4) is 0 Å². The average molecular weight is 374 g/mol. The molecule has 0 aliphatic carbocycles. The summed E-state index contributed by atoms with van der Waals surface area (Å²) in [6, 6.07) is 6.45. The first-order valence-corrected chi connectivity index (χ1v) is 10.2. The molecule has 1 spiro atoms. The molecule has 24 heavy (non-hydrogen) atoms. The number of piperidine rings is 1. The number of hydrogen-bond acceptors (Lipinski definition) is 4. The van der Waals surface area contributed by atoms with Crippen LogP contribution in [0, 0.1) is 5.92 Å². The normalized spacial score (nSPS) is 24.5. The molecule has 1 atom stereocenters. The predicted octanol–water partition coefficient (Wildman–Crippen LogP) is 2.94. The van der Waals surface area contributed by atoms with E-state index < -0.39 is 10.0 Å². The summed E-state index contributed by atoms with van der Waals surface area (Å²) in [7, 11) is -1.79. The summed E-state index contributed by atoms with van der Waals surface area (Å²) in [4.78, 5) is 0.259. The van der Waals surface area contributed by atoms with Gasteiger partial charge in [-0.2, -0.15) is 4.31 Å². The summed E-state index contributed by atoms with van der Waals surface area (Å²) in [5, 5.41) is 0.434. The molecule has 2 aliphatic rings. The van der Waals surface area contributed by atoms with Gasteiger partial charge in [-0.1, -0.05) is 17.7 Å². The molecule has 0 amide bonds. The maximum Gasteiger partial charge on any atom is 0.243 e. The van der Waals surface area contributed by atoms with Gasteiger partial charge in [0, 0.05) is 38.4 Å². The van der Waals surface area contributed by atoms with Crippen LogP contribution in [-0.4, -0.2) is 51.7 Å². The lowest BCUT2D eigenvalue weighted by molar-refractivity contribution is -0.0603. The van der Waals surface area contributed by atoms with Crippen LogP contribution in [0.15, 0.2) is 29.2 Å². The first kappa shape index (κ1) is 18.1. The quantitative estimate of drug-likeness (QED) is 0.796. The molecular formula is C17H24ClNO4S. The highest BCUT2D eigenvalue weighted by Gasteiger charge is 2.47. The van der Waals surface area contributed by atoms with E-state index in [1.807, 2.05) is 0 Å². The van der Waals surface area contributed by atoms with Crippen molar-refractivity contribution in [3.05, 3.63) is 29.3 Å². The van der Waals surface area contributed by atoms with E-state index in [0.717, 1.165) is 38.9 Å². The zero-order valence-corrected chi connectivity index (χ0v) is 15.5. The Labute approximate surface area is 148 Å². The molecule has 2 fully saturated rings. The molecule has 0 N–H and O–H groups in total. The minimum Gasteiger partial charge on any atom is -0.385 e. The Morgan fingerprint density at radius 2 is 2.12 bits per heavy atom. The first-order chi connectivity index (χ1) is 11.5. The molecule has 2 heterocycles. The minimum absolute atomic E-state index is 0.182. The maximum absolute atomic E-state index is 12.8. The van der Waals surface area contributed by atoms with Gasteiger partial charge in [0.2, 0.25) is 10.0 Å². The van der Waals surface area contributed by atoms with Gasteiger partial charge in [0.05, 0.1) is 10.5 Å². The van der Waals surface area contributed by atoms with E-state index in [1.165, 1.54) is 6.07 Å². The van der Waals surface area contributed by atoms with Gasteiger partial charge in [0.15, 0.2) is 0 Å². The van der Waals surface area contributed by atoms with Crippen LogP contribution in [0.1, 0.15) is 25.7 Å². The van der Waals surface area contributed by atoms with Crippen molar-refractivity contribution < 1.29 is 17.9 Å². The second kappa shape index (κ2) is 7.30. The Morgan fingerprint density at radius 3 is 2.79 bits per heavy atom. The van der Waals surface area contributed by atoms with Gasteiger partial charge in [0.1, 0.15) is 0 Å². The van der Waals surface area contributed by atoms with Gasteiger partial charge in [-0.25, -0.2) is 8.42 Å². The lowest BCUT2D eigenvalue weighted by Gasteiger charge is -2.41. The molecule has 1 unspecified atom stereocenters. The third kappa shape index (κ3) is 3.48. The summed E-state index contributed by atoms with van der Waals surface area (Å²) in [5.41, 5.74) is -0.182. The van der Waals surface area contributed by atoms with Crippen molar-refractivity contribution in [1.82, 2.24) is 4.31 Å². The Balaban J connectivity index is 1.70. The van der Waals surface area contributed by atoms with Crippen molar-refractivity contribution in [2.75, 3.05) is 33.4 Å². The molecule has 0 saturated carbocycles. The van der Waals surface area contributed by atoms with E-state index in [1.54, 1.807) is 29.6 Å². The molecule has 0 radical (unpaired) electrons. The average Bonchev–Trinajstić information content (AvgIpc) is 2.95. The summed E-state index contributed by atoms with van der Waals surface area (Å²) < 4.78 is 38.4. The molecule has 7 heteroatoms. The summed E-state index contributed by atoms with van der Waals surface area (Å²) >= 11 is 5.94. The zero-order valence-electron chi connectivity index (χ0n) is 13.9. The summed E-state index contributed by atoms with van der Waals surface area (Å²) in [5.74, 6) is 0.452. The second-order valence-corrected chi connectivity index (χ2v) is 8.92. The van der Waals surface area contributed by atoms with Crippen molar-refractivity contribution in [2.45, 2.75) is 36.2 Å². The molecule has 1 aromatic rings. The molecule has 5 nitrogen and oxygen atoms in total. The molecule has 134 valence electrons. The van der Waals surface area contributed by atoms with Crippen LogP contribution < -0.4 is 0 Å². The number of ether oxygens (including phenoxy) is 2. The molecule has 0 aromatic heterocycles. The van der Waals surface area contributed by atoms with Crippen LogP contribution in [0.25, 0.3) is 0 Å². The second-order valence-electron chi connectivity index (χ2n) is 6.54. The van der Waals surface area contributed by atoms with Gasteiger partial charge in [-0.05, 0) is 49.8 Å². The zero-order chi connectivity index (χ0) is 17.2. The van der Waals surface area contributed by atoms with Crippen molar-refractivity contribution in [3.8, 4) is 0 Å². The van der Waals surface area contributed by atoms with Gasteiger partial charge in [-0.3, -0.25) is 0 Å². The largest absolute Gasteiger partial charge is 0.385 e. The lowest BCUT2D eigenvalue weighted by atomic mass is 9.78. The lowest BCUT2D eigenvalue weighted by Crippen LogP contribution is -2.49. The number of rotatable bonds is 5. The summed E-state index contributed by atoms with van der Waals surface area (Å²) in [6.07, 6.45) is 3.48. The fraction of sp³-hybridized carbons (Fsp3) is 0.647. The highest BCUT2D eigenvalue weighted by molar-refractivity contribution is 7.89. The number of nitrogens with zero attached hydrogens (tertiary/aromatic N) is 1.